The van der Waals surface area contributed by atoms with Crippen molar-refractivity contribution < 1.29 is 14.3 Å². The molecule has 0 aromatic heterocycles. The van der Waals surface area contributed by atoms with Crippen molar-refractivity contribution in [2.24, 2.45) is 16.6 Å². The number of allylic oxidation sites excluding steroid dienone is 1. The molecule has 1 saturated heterocycles. The minimum absolute atomic E-state index is 0.0515. The number of nitrogen functional groups attached to an aromatic ring is 1. The summed E-state index contributed by atoms with van der Waals surface area (Å²) in [5.41, 5.74) is 11.8. The molecule has 0 spiro atoms. The van der Waals surface area contributed by atoms with Crippen LogP contribution in [0.4, 0.5) is 10.1 Å². The molecule has 0 saturated carbocycles. The molecule has 3 atom stereocenters. The van der Waals surface area contributed by atoms with Gasteiger partial charge in [-0.05, 0) is 30.7 Å². The van der Waals surface area contributed by atoms with Gasteiger partial charge < -0.3 is 21.4 Å². The van der Waals surface area contributed by atoms with E-state index in [0.717, 1.165) is 0 Å². The zero-order valence-electron chi connectivity index (χ0n) is 14.1. The Bertz CT molecular complexity index is 611. The highest BCUT2D eigenvalue weighted by atomic mass is 35.5. The number of aliphatic hydroxyl groups excluding tert-OH is 1. The molecule has 1 heterocycles. The zero-order valence-corrected chi connectivity index (χ0v) is 15.6. The van der Waals surface area contributed by atoms with E-state index in [1.165, 1.54) is 12.3 Å². The monoisotopic (exact) mass is 404 g/mol. The van der Waals surface area contributed by atoms with E-state index in [1.807, 2.05) is 12.9 Å². The quantitative estimate of drug-likeness (QED) is 0.349. The highest BCUT2D eigenvalue weighted by Crippen LogP contribution is 2.25. The van der Waals surface area contributed by atoms with Crippen molar-refractivity contribution in [1.82, 2.24) is 5.32 Å². The Morgan fingerprint density at radius 3 is 2.58 bits per heavy atom. The predicted octanol–water partition coefficient (Wildman–Crippen LogP) is 2.61. The Kier molecular flexibility index (Phi) is 12.5. The first-order valence-electron chi connectivity index (χ1n) is 7.50. The first kappa shape index (κ1) is 24.2. The van der Waals surface area contributed by atoms with Gasteiger partial charge in [-0.2, -0.15) is 0 Å². The molecule has 1 aliphatic rings. The number of rotatable bonds is 4. The number of carbonyl (C=O) groups excluding carboxylic acids is 1. The molecular weight excluding hydrogens is 382 g/mol. The van der Waals surface area contributed by atoms with Gasteiger partial charge in [0, 0.05) is 28.9 Å². The summed E-state index contributed by atoms with van der Waals surface area (Å²) in [5, 5.41) is 12.6. The van der Waals surface area contributed by atoms with Gasteiger partial charge in [0.25, 0.3) is 0 Å². The van der Waals surface area contributed by atoms with Gasteiger partial charge in [0.1, 0.15) is 17.8 Å². The molecule has 9 heteroatoms. The number of carbonyl (C=O) groups is 1. The summed E-state index contributed by atoms with van der Waals surface area (Å²) in [6, 6.07) is 6.96. The molecule has 2 rings (SSSR count). The summed E-state index contributed by atoms with van der Waals surface area (Å²) in [7, 11) is 0. The normalized spacial score (nSPS) is 22.2. The van der Waals surface area contributed by atoms with Crippen LogP contribution in [0.25, 0.3) is 0 Å². The van der Waals surface area contributed by atoms with Crippen LogP contribution in [-0.2, 0) is 4.79 Å². The molecule has 2 unspecified atom stereocenters. The standard InChI is InChI=1S/C10H15ClFN3O.C6H6ClN.CH2O/c1-6(11)14-3-2-9(12)8-4-7(5-16)15-10(8)13;7-5-2-1-3-6(8)4-5;1-2/h2-3,7-8,10,15-16H,1,4-5,13H2;1-4H,8H2;1H2/b9-2-,14-3-;;/t7-,8?,10?;;/m1../s1. The third-order valence-corrected chi connectivity index (χ3v) is 3.60. The number of nitrogens with zero attached hydrogens (tertiary/aromatic N) is 1. The average Bonchev–Trinajstić information content (AvgIpc) is 2.98. The fraction of sp³-hybridized carbons (Fsp3) is 0.294. The molecule has 6 N–H and O–H groups in total. The van der Waals surface area contributed by atoms with Crippen LogP contribution in [0.3, 0.4) is 0 Å². The molecule has 1 fully saturated rings. The molecule has 26 heavy (non-hydrogen) atoms. The van der Waals surface area contributed by atoms with Crippen LogP contribution in [0.5, 0.6) is 0 Å². The Morgan fingerprint density at radius 1 is 1.50 bits per heavy atom. The number of hydrogen-bond donors (Lipinski definition) is 4. The van der Waals surface area contributed by atoms with Crippen molar-refractivity contribution in [2.45, 2.75) is 18.6 Å². The van der Waals surface area contributed by atoms with E-state index in [0.29, 0.717) is 17.1 Å². The van der Waals surface area contributed by atoms with Crippen molar-refractivity contribution in [1.29, 1.82) is 0 Å². The average molecular weight is 405 g/mol. The Labute approximate surface area is 162 Å². The summed E-state index contributed by atoms with van der Waals surface area (Å²) < 4.78 is 13.6. The van der Waals surface area contributed by atoms with Gasteiger partial charge in [0.2, 0.25) is 0 Å². The van der Waals surface area contributed by atoms with Crippen LogP contribution < -0.4 is 16.8 Å². The molecular formula is C17H23Cl2FN4O2. The maximum Gasteiger partial charge on any atom is 0.121 e. The maximum atomic E-state index is 13.6. The van der Waals surface area contributed by atoms with Crippen molar-refractivity contribution in [2.75, 3.05) is 12.3 Å². The summed E-state index contributed by atoms with van der Waals surface area (Å²) in [5.74, 6) is -0.815. The predicted molar refractivity (Wildman–Crippen MR) is 106 cm³/mol. The molecule has 0 amide bonds. The van der Waals surface area contributed by atoms with Gasteiger partial charge in [0.15, 0.2) is 0 Å². The molecule has 0 bridgehead atoms. The van der Waals surface area contributed by atoms with Gasteiger partial charge in [-0.15, -0.1) is 0 Å². The number of aliphatic imine (C=N–C) groups is 1. The highest BCUT2D eigenvalue weighted by Gasteiger charge is 2.33. The number of nitrogens with two attached hydrogens (primary N) is 2. The minimum Gasteiger partial charge on any atom is -0.399 e. The third kappa shape index (κ3) is 9.65. The van der Waals surface area contributed by atoms with Crippen molar-refractivity contribution in [3.8, 4) is 0 Å². The SMILES string of the molecule is C=C(Cl)/N=C\C=C(/F)C1C[C@H](CO)NC1N.C=O.Nc1cccc(Cl)c1. The summed E-state index contributed by atoms with van der Waals surface area (Å²) >= 11 is 10.9. The van der Waals surface area contributed by atoms with Gasteiger partial charge in [-0.1, -0.05) is 35.8 Å². The fourth-order valence-electron chi connectivity index (χ4n) is 2.14. The second-order valence-corrected chi connectivity index (χ2v) is 6.05. The van der Waals surface area contributed by atoms with E-state index in [2.05, 4.69) is 16.9 Å². The molecule has 1 aromatic carbocycles. The molecule has 1 aromatic rings. The molecule has 0 radical (unpaired) electrons. The Morgan fingerprint density at radius 2 is 2.15 bits per heavy atom. The number of aliphatic hydroxyl groups is 1. The van der Waals surface area contributed by atoms with Gasteiger partial charge >= 0.3 is 0 Å². The first-order chi connectivity index (χ1) is 12.3. The topological polar surface area (TPSA) is 114 Å². The van der Waals surface area contributed by atoms with E-state index in [-0.39, 0.29) is 23.6 Å². The second-order valence-electron chi connectivity index (χ2n) is 5.18. The lowest BCUT2D eigenvalue weighted by Gasteiger charge is -2.11. The lowest BCUT2D eigenvalue weighted by Crippen LogP contribution is -2.40. The smallest absolute Gasteiger partial charge is 0.121 e. The minimum atomic E-state index is -0.485. The molecule has 1 aliphatic heterocycles. The van der Waals surface area contributed by atoms with Crippen molar-refractivity contribution in [3.05, 3.63) is 52.9 Å². The van der Waals surface area contributed by atoms with E-state index in [4.69, 9.17) is 44.6 Å². The van der Waals surface area contributed by atoms with E-state index in [9.17, 15) is 4.39 Å². The number of halogens is 3. The highest BCUT2D eigenvalue weighted by molar-refractivity contribution is 6.30. The third-order valence-electron chi connectivity index (χ3n) is 3.27. The Balaban J connectivity index is 0.000000522. The molecule has 0 aliphatic carbocycles. The summed E-state index contributed by atoms with van der Waals surface area (Å²) in [6.45, 7) is 5.28. The number of anilines is 1. The van der Waals surface area contributed by atoms with Gasteiger partial charge in [-0.25, -0.2) is 9.38 Å². The summed E-state index contributed by atoms with van der Waals surface area (Å²) in [6.07, 6.45) is 2.43. The van der Waals surface area contributed by atoms with Crippen molar-refractivity contribution in [3.63, 3.8) is 0 Å². The number of nitrogens with one attached hydrogen (secondary N) is 1. The van der Waals surface area contributed by atoms with Crippen molar-refractivity contribution >= 4 is 41.9 Å². The van der Waals surface area contributed by atoms with Crippen LogP contribution in [0.15, 0.2) is 52.9 Å². The largest absolute Gasteiger partial charge is 0.399 e. The van der Waals surface area contributed by atoms with Crippen LogP contribution in [0, 0.1) is 5.92 Å². The number of benzene rings is 1. The summed E-state index contributed by atoms with van der Waals surface area (Å²) in [4.78, 5) is 11.6. The number of hydrogen-bond acceptors (Lipinski definition) is 6. The van der Waals surface area contributed by atoms with Gasteiger partial charge in [0.05, 0.1) is 12.8 Å². The lowest BCUT2D eigenvalue weighted by molar-refractivity contribution is -0.0979. The van der Waals surface area contributed by atoms with Crippen LogP contribution in [0.1, 0.15) is 6.42 Å². The van der Waals surface area contributed by atoms with Crippen LogP contribution >= 0.6 is 23.2 Å². The first-order valence-corrected chi connectivity index (χ1v) is 8.25. The van der Waals surface area contributed by atoms with E-state index >= 15 is 0 Å². The van der Waals surface area contributed by atoms with Crippen LogP contribution in [0.2, 0.25) is 5.02 Å². The van der Waals surface area contributed by atoms with E-state index < -0.39 is 12.1 Å². The maximum absolute atomic E-state index is 13.6. The van der Waals surface area contributed by atoms with Gasteiger partial charge in [-0.3, -0.25) is 5.32 Å². The zero-order chi connectivity index (χ0) is 20.1. The Hall–Kier alpha value is -1.77. The fourth-order valence-corrected chi connectivity index (χ4v) is 2.40. The molecule has 6 nitrogen and oxygen atoms in total. The second kappa shape index (κ2) is 13.4. The van der Waals surface area contributed by atoms with E-state index in [1.54, 1.807) is 18.2 Å². The van der Waals surface area contributed by atoms with Crippen LogP contribution in [-0.4, -0.2) is 36.9 Å². The molecule has 144 valence electrons. The lowest BCUT2D eigenvalue weighted by atomic mass is 10.0.